The van der Waals surface area contributed by atoms with Crippen molar-refractivity contribution in [1.82, 2.24) is 5.32 Å². The predicted octanol–water partition coefficient (Wildman–Crippen LogP) is 2.28. The van der Waals surface area contributed by atoms with E-state index in [1.807, 2.05) is 24.3 Å². The molecule has 1 amide bonds. The monoisotopic (exact) mass is 232 g/mol. The lowest BCUT2D eigenvalue weighted by Crippen LogP contribution is -2.32. The molecule has 0 atom stereocenters. The van der Waals surface area contributed by atoms with Crippen LogP contribution < -0.4 is 10.2 Å². The summed E-state index contributed by atoms with van der Waals surface area (Å²) in [6.45, 7) is 4.56. The van der Waals surface area contributed by atoms with Gasteiger partial charge in [-0.1, -0.05) is 6.92 Å². The summed E-state index contributed by atoms with van der Waals surface area (Å²) in [5.74, 6) is 0.820. The van der Waals surface area contributed by atoms with Gasteiger partial charge >= 0.3 is 0 Å². The van der Waals surface area contributed by atoms with Crippen LogP contribution in [0.3, 0.4) is 0 Å². The average molecular weight is 232 g/mol. The SMILES string of the molecule is CNC(=O)c1ccc(N2CCC(C)CC2)cc1. The molecule has 0 unspecified atom stereocenters. The van der Waals surface area contributed by atoms with Crippen molar-refractivity contribution in [2.24, 2.45) is 5.92 Å². The highest BCUT2D eigenvalue weighted by atomic mass is 16.1. The number of benzene rings is 1. The Kier molecular flexibility index (Phi) is 3.67. The number of anilines is 1. The Bertz CT molecular complexity index is 378. The van der Waals surface area contributed by atoms with Crippen LogP contribution in [0.25, 0.3) is 0 Å². The number of nitrogens with one attached hydrogen (secondary N) is 1. The Labute approximate surface area is 103 Å². The van der Waals surface area contributed by atoms with Gasteiger partial charge in [-0.05, 0) is 43.0 Å². The smallest absolute Gasteiger partial charge is 0.251 e. The van der Waals surface area contributed by atoms with Gasteiger partial charge in [0.05, 0.1) is 0 Å². The van der Waals surface area contributed by atoms with Gasteiger partial charge in [-0.2, -0.15) is 0 Å². The van der Waals surface area contributed by atoms with E-state index >= 15 is 0 Å². The molecule has 1 aromatic rings. The molecular weight excluding hydrogens is 212 g/mol. The van der Waals surface area contributed by atoms with E-state index in [0.29, 0.717) is 0 Å². The van der Waals surface area contributed by atoms with Gasteiger partial charge in [0, 0.05) is 31.4 Å². The van der Waals surface area contributed by atoms with E-state index in [9.17, 15) is 4.79 Å². The number of piperidine rings is 1. The van der Waals surface area contributed by atoms with Crippen LogP contribution in [0.15, 0.2) is 24.3 Å². The quantitative estimate of drug-likeness (QED) is 0.848. The average Bonchev–Trinajstić information content (AvgIpc) is 2.39. The molecule has 3 nitrogen and oxygen atoms in total. The number of amides is 1. The largest absolute Gasteiger partial charge is 0.372 e. The molecule has 17 heavy (non-hydrogen) atoms. The summed E-state index contributed by atoms with van der Waals surface area (Å²) in [5.41, 5.74) is 1.95. The van der Waals surface area contributed by atoms with Crippen LogP contribution in [0, 0.1) is 5.92 Å². The molecule has 3 heteroatoms. The standard InChI is InChI=1S/C14H20N2O/c1-11-7-9-16(10-8-11)13-5-3-12(4-6-13)14(17)15-2/h3-6,11H,7-10H2,1-2H3,(H,15,17). The van der Waals surface area contributed by atoms with E-state index in [1.165, 1.54) is 18.5 Å². The van der Waals surface area contributed by atoms with Crippen molar-refractivity contribution >= 4 is 11.6 Å². The van der Waals surface area contributed by atoms with Crippen molar-refractivity contribution in [3.05, 3.63) is 29.8 Å². The summed E-state index contributed by atoms with van der Waals surface area (Å²) < 4.78 is 0. The number of hydrogen-bond donors (Lipinski definition) is 1. The Morgan fingerprint density at radius 3 is 2.35 bits per heavy atom. The number of carbonyl (C=O) groups excluding carboxylic acids is 1. The van der Waals surface area contributed by atoms with Gasteiger partial charge in [-0.25, -0.2) is 0 Å². The second-order valence-electron chi connectivity index (χ2n) is 4.80. The summed E-state index contributed by atoms with van der Waals surface area (Å²) in [4.78, 5) is 13.8. The van der Waals surface area contributed by atoms with Gasteiger partial charge in [0.15, 0.2) is 0 Å². The lowest BCUT2D eigenvalue weighted by molar-refractivity contribution is 0.0963. The van der Waals surface area contributed by atoms with Gasteiger partial charge in [-0.3, -0.25) is 4.79 Å². The van der Waals surface area contributed by atoms with E-state index in [4.69, 9.17) is 0 Å². The third-order valence-electron chi connectivity index (χ3n) is 3.51. The Hall–Kier alpha value is -1.51. The number of hydrogen-bond acceptors (Lipinski definition) is 2. The first-order valence-corrected chi connectivity index (χ1v) is 6.28. The van der Waals surface area contributed by atoms with Crippen LogP contribution in [0.5, 0.6) is 0 Å². The third-order valence-corrected chi connectivity index (χ3v) is 3.51. The molecule has 1 N–H and O–H groups in total. The Balaban J connectivity index is 2.05. The minimum absolute atomic E-state index is 0.0242. The van der Waals surface area contributed by atoms with Crippen molar-refractivity contribution in [3.8, 4) is 0 Å². The first-order valence-electron chi connectivity index (χ1n) is 6.28. The zero-order chi connectivity index (χ0) is 12.3. The summed E-state index contributed by atoms with van der Waals surface area (Å²) in [7, 11) is 1.66. The van der Waals surface area contributed by atoms with Gasteiger partial charge < -0.3 is 10.2 Å². The highest BCUT2D eigenvalue weighted by Gasteiger charge is 2.16. The van der Waals surface area contributed by atoms with Gasteiger partial charge in [0.2, 0.25) is 0 Å². The van der Waals surface area contributed by atoms with Crippen molar-refractivity contribution in [2.45, 2.75) is 19.8 Å². The summed E-state index contributed by atoms with van der Waals surface area (Å²) in [6.07, 6.45) is 2.52. The van der Waals surface area contributed by atoms with E-state index in [0.717, 1.165) is 24.6 Å². The molecule has 1 fully saturated rings. The van der Waals surface area contributed by atoms with Crippen LogP contribution in [-0.2, 0) is 0 Å². The zero-order valence-electron chi connectivity index (χ0n) is 10.6. The summed E-state index contributed by atoms with van der Waals surface area (Å²) in [6, 6.07) is 7.87. The molecule has 1 aromatic carbocycles. The maximum Gasteiger partial charge on any atom is 0.251 e. The fourth-order valence-electron chi connectivity index (χ4n) is 2.23. The van der Waals surface area contributed by atoms with E-state index in [1.54, 1.807) is 7.05 Å². The molecule has 1 aliphatic heterocycles. The number of nitrogens with zero attached hydrogens (tertiary/aromatic N) is 1. The maximum atomic E-state index is 11.4. The highest BCUT2D eigenvalue weighted by Crippen LogP contribution is 2.23. The van der Waals surface area contributed by atoms with Gasteiger partial charge in [-0.15, -0.1) is 0 Å². The molecule has 1 aliphatic rings. The summed E-state index contributed by atoms with van der Waals surface area (Å²) >= 11 is 0. The lowest BCUT2D eigenvalue weighted by atomic mass is 9.98. The van der Waals surface area contributed by atoms with Gasteiger partial charge in [0.1, 0.15) is 0 Å². The van der Waals surface area contributed by atoms with E-state index in [-0.39, 0.29) is 5.91 Å². The Morgan fingerprint density at radius 1 is 1.24 bits per heavy atom. The minimum atomic E-state index is -0.0242. The van der Waals surface area contributed by atoms with Crippen LogP contribution in [0.2, 0.25) is 0 Å². The van der Waals surface area contributed by atoms with Crippen LogP contribution in [0.4, 0.5) is 5.69 Å². The van der Waals surface area contributed by atoms with Crippen molar-refractivity contribution in [2.75, 3.05) is 25.0 Å². The van der Waals surface area contributed by atoms with Gasteiger partial charge in [0.25, 0.3) is 5.91 Å². The Morgan fingerprint density at radius 2 is 1.82 bits per heavy atom. The fraction of sp³-hybridized carbons (Fsp3) is 0.500. The second kappa shape index (κ2) is 5.21. The minimum Gasteiger partial charge on any atom is -0.372 e. The molecule has 0 bridgehead atoms. The number of rotatable bonds is 2. The first-order chi connectivity index (χ1) is 8.20. The van der Waals surface area contributed by atoms with Crippen molar-refractivity contribution < 1.29 is 4.79 Å². The molecule has 1 saturated heterocycles. The third kappa shape index (κ3) is 2.78. The topological polar surface area (TPSA) is 32.3 Å². The maximum absolute atomic E-state index is 11.4. The zero-order valence-corrected chi connectivity index (χ0v) is 10.6. The van der Waals surface area contributed by atoms with E-state index in [2.05, 4.69) is 17.1 Å². The number of carbonyl (C=O) groups is 1. The molecular formula is C14H20N2O. The van der Waals surface area contributed by atoms with Crippen LogP contribution in [-0.4, -0.2) is 26.0 Å². The molecule has 0 radical (unpaired) electrons. The summed E-state index contributed by atoms with van der Waals surface area (Å²) in [5, 5.41) is 2.63. The molecule has 0 saturated carbocycles. The molecule has 92 valence electrons. The molecule has 0 spiro atoms. The normalized spacial score (nSPS) is 16.9. The van der Waals surface area contributed by atoms with Crippen LogP contribution in [0.1, 0.15) is 30.1 Å². The molecule has 0 aliphatic carbocycles. The molecule has 1 heterocycles. The highest BCUT2D eigenvalue weighted by molar-refractivity contribution is 5.94. The first kappa shape index (κ1) is 12.0. The predicted molar refractivity (Wildman–Crippen MR) is 70.4 cm³/mol. The lowest BCUT2D eigenvalue weighted by Gasteiger charge is -2.32. The second-order valence-corrected chi connectivity index (χ2v) is 4.80. The molecule has 2 rings (SSSR count). The van der Waals surface area contributed by atoms with Crippen LogP contribution >= 0.6 is 0 Å². The van der Waals surface area contributed by atoms with Crippen molar-refractivity contribution in [3.63, 3.8) is 0 Å². The van der Waals surface area contributed by atoms with Crippen molar-refractivity contribution in [1.29, 1.82) is 0 Å². The fourth-order valence-corrected chi connectivity index (χ4v) is 2.23. The van der Waals surface area contributed by atoms with E-state index < -0.39 is 0 Å². The molecule has 0 aromatic heterocycles.